The molecular formula is C11H20ClNO2. The van der Waals surface area contributed by atoms with Crippen molar-refractivity contribution in [3.63, 3.8) is 0 Å². The van der Waals surface area contributed by atoms with Gasteiger partial charge in [-0.15, -0.1) is 11.6 Å². The summed E-state index contributed by atoms with van der Waals surface area (Å²) >= 11 is 6.05. The normalized spacial score (nSPS) is 28.1. The molecule has 0 aromatic carbocycles. The standard InChI is InChI=1S/C11H20ClNO2/c1-7(2)10(12)5-13-11(14)9-4-8(3)15-6-9/h7-10H,4-6H2,1-3H3,(H,13,14). The second-order valence-electron chi connectivity index (χ2n) is 4.58. The molecule has 3 unspecified atom stereocenters. The molecule has 0 bridgehead atoms. The molecule has 1 amide bonds. The quantitative estimate of drug-likeness (QED) is 0.752. The molecule has 1 heterocycles. The molecule has 1 saturated heterocycles. The van der Waals surface area contributed by atoms with Crippen LogP contribution in [-0.2, 0) is 9.53 Å². The summed E-state index contributed by atoms with van der Waals surface area (Å²) in [7, 11) is 0. The predicted molar refractivity (Wildman–Crippen MR) is 61.0 cm³/mol. The highest BCUT2D eigenvalue weighted by Gasteiger charge is 2.28. The number of nitrogens with one attached hydrogen (secondary N) is 1. The first-order valence-electron chi connectivity index (χ1n) is 5.54. The van der Waals surface area contributed by atoms with Gasteiger partial charge in [-0.05, 0) is 19.3 Å². The van der Waals surface area contributed by atoms with E-state index in [0.717, 1.165) is 6.42 Å². The highest BCUT2D eigenvalue weighted by molar-refractivity contribution is 6.21. The van der Waals surface area contributed by atoms with Gasteiger partial charge in [-0.25, -0.2) is 0 Å². The lowest BCUT2D eigenvalue weighted by Crippen LogP contribution is -2.36. The van der Waals surface area contributed by atoms with Crippen molar-refractivity contribution in [1.29, 1.82) is 0 Å². The van der Waals surface area contributed by atoms with E-state index in [1.165, 1.54) is 0 Å². The maximum Gasteiger partial charge on any atom is 0.225 e. The van der Waals surface area contributed by atoms with E-state index in [2.05, 4.69) is 5.32 Å². The Morgan fingerprint density at radius 2 is 2.27 bits per heavy atom. The van der Waals surface area contributed by atoms with Crippen molar-refractivity contribution >= 4 is 17.5 Å². The van der Waals surface area contributed by atoms with Gasteiger partial charge in [0.05, 0.1) is 24.0 Å². The Morgan fingerprint density at radius 1 is 1.60 bits per heavy atom. The van der Waals surface area contributed by atoms with Crippen molar-refractivity contribution in [3.05, 3.63) is 0 Å². The van der Waals surface area contributed by atoms with Gasteiger partial charge < -0.3 is 10.1 Å². The molecule has 15 heavy (non-hydrogen) atoms. The van der Waals surface area contributed by atoms with Crippen LogP contribution in [0.25, 0.3) is 0 Å². The largest absolute Gasteiger partial charge is 0.378 e. The van der Waals surface area contributed by atoms with Gasteiger partial charge in [-0.1, -0.05) is 13.8 Å². The van der Waals surface area contributed by atoms with E-state index in [1.807, 2.05) is 20.8 Å². The molecule has 0 aliphatic carbocycles. The van der Waals surface area contributed by atoms with Crippen LogP contribution in [0.15, 0.2) is 0 Å². The predicted octanol–water partition coefficient (Wildman–Crippen LogP) is 1.79. The van der Waals surface area contributed by atoms with Gasteiger partial charge in [0.15, 0.2) is 0 Å². The fourth-order valence-electron chi connectivity index (χ4n) is 1.58. The number of carbonyl (C=O) groups excluding carboxylic acids is 1. The third kappa shape index (κ3) is 3.99. The van der Waals surface area contributed by atoms with Gasteiger partial charge in [0, 0.05) is 6.54 Å². The Hall–Kier alpha value is -0.280. The van der Waals surface area contributed by atoms with Crippen LogP contribution in [-0.4, -0.2) is 30.5 Å². The molecule has 3 atom stereocenters. The minimum atomic E-state index is 0.00805. The average molecular weight is 234 g/mol. The van der Waals surface area contributed by atoms with Crippen LogP contribution in [0.4, 0.5) is 0 Å². The third-order valence-corrected chi connectivity index (χ3v) is 3.42. The molecule has 1 fully saturated rings. The monoisotopic (exact) mass is 233 g/mol. The summed E-state index contributed by atoms with van der Waals surface area (Å²) < 4.78 is 5.35. The number of hydrogen-bond acceptors (Lipinski definition) is 2. The zero-order valence-electron chi connectivity index (χ0n) is 9.63. The number of hydrogen-bond donors (Lipinski definition) is 1. The lowest BCUT2D eigenvalue weighted by atomic mass is 10.1. The topological polar surface area (TPSA) is 38.3 Å². The number of alkyl halides is 1. The Labute approximate surface area is 96.5 Å². The highest BCUT2D eigenvalue weighted by Crippen LogP contribution is 2.19. The molecule has 1 rings (SSSR count). The molecule has 0 spiro atoms. The Morgan fingerprint density at radius 3 is 2.73 bits per heavy atom. The minimum Gasteiger partial charge on any atom is -0.378 e. The molecule has 1 aliphatic heterocycles. The molecule has 1 N–H and O–H groups in total. The molecule has 0 radical (unpaired) electrons. The smallest absolute Gasteiger partial charge is 0.225 e. The Bertz CT molecular complexity index is 221. The van der Waals surface area contributed by atoms with Crippen molar-refractivity contribution in [2.24, 2.45) is 11.8 Å². The fourth-order valence-corrected chi connectivity index (χ4v) is 1.66. The summed E-state index contributed by atoms with van der Waals surface area (Å²) in [5, 5.41) is 2.88. The molecule has 0 aromatic rings. The van der Waals surface area contributed by atoms with Crippen LogP contribution in [0.2, 0.25) is 0 Å². The molecule has 3 nitrogen and oxygen atoms in total. The summed E-state index contributed by atoms with van der Waals surface area (Å²) in [6.07, 6.45) is 1.03. The first-order valence-corrected chi connectivity index (χ1v) is 5.97. The van der Waals surface area contributed by atoms with Gasteiger partial charge >= 0.3 is 0 Å². The van der Waals surface area contributed by atoms with Crippen LogP contribution in [0.3, 0.4) is 0 Å². The van der Waals surface area contributed by atoms with Crippen LogP contribution < -0.4 is 5.32 Å². The van der Waals surface area contributed by atoms with Crippen molar-refractivity contribution in [1.82, 2.24) is 5.32 Å². The Balaban J connectivity index is 2.24. The van der Waals surface area contributed by atoms with Crippen LogP contribution >= 0.6 is 11.6 Å². The maximum atomic E-state index is 11.7. The molecule has 0 saturated carbocycles. The highest BCUT2D eigenvalue weighted by atomic mass is 35.5. The van der Waals surface area contributed by atoms with Crippen molar-refractivity contribution in [2.45, 2.75) is 38.7 Å². The summed E-state index contributed by atoms with van der Waals surface area (Å²) in [4.78, 5) is 11.7. The average Bonchev–Trinajstić information content (AvgIpc) is 2.60. The summed E-state index contributed by atoms with van der Waals surface area (Å²) in [5.41, 5.74) is 0. The van der Waals surface area contributed by atoms with E-state index >= 15 is 0 Å². The first-order chi connectivity index (χ1) is 7.00. The Kier molecular flexibility index (Phi) is 4.87. The second kappa shape index (κ2) is 5.71. The fraction of sp³-hybridized carbons (Fsp3) is 0.909. The summed E-state index contributed by atoms with van der Waals surface area (Å²) in [5.74, 6) is 0.465. The van der Waals surface area contributed by atoms with Gasteiger partial charge in [0.25, 0.3) is 0 Å². The van der Waals surface area contributed by atoms with Crippen LogP contribution in [0, 0.1) is 11.8 Å². The number of carbonyl (C=O) groups is 1. The van der Waals surface area contributed by atoms with E-state index in [9.17, 15) is 4.79 Å². The number of ether oxygens (including phenoxy) is 1. The number of halogens is 1. The molecule has 0 aromatic heterocycles. The number of rotatable bonds is 4. The lowest BCUT2D eigenvalue weighted by Gasteiger charge is -2.15. The van der Waals surface area contributed by atoms with E-state index in [0.29, 0.717) is 19.1 Å². The van der Waals surface area contributed by atoms with E-state index in [-0.39, 0.29) is 23.3 Å². The van der Waals surface area contributed by atoms with E-state index < -0.39 is 0 Å². The van der Waals surface area contributed by atoms with Gasteiger partial charge in [0.2, 0.25) is 5.91 Å². The molecule has 1 aliphatic rings. The van der Waals surface area contributed by atoms with Crippen LogP contribution in [0.5, 0.6) is 0 Å². The third-order valence-electron chi connectivity index (χ3n) is 2.76. The summed E-state index contributed by atoms with van der Waals surface area (Å²) in [6.45, 7) is 7.17. The van der Waals surface area contributed by atoms with Crippen molar-refractivity contribution < 1.29 is 9.53 Å². The van der Waals surface area contributed by atoms with Gasteiger partial charge in [0.1, 0.15) is 0 Å². The SMILES string of the molecule is CC1CC(C(=O)NCC(Cl)C(C)C)CO1. The van der Waals surface area contributed by atoms with Crippen LogP contribution in [0.1, 0.15) is 27.2 Å². The van der Waals surface area contributed by atoms with Crippen molar-refractivity contribution in [2.75, 3.05) is 13.2 Å². The van der Waals surface area contributed by atoms with Gasteiger partial charge in [-0.2, -0.15) is 0 Å². The molecule has 4 heteroatoms. The maximum absolute atomic E-state index is 11.7. The second-order valence-corrected chi connectivity index (χ2v) is 5.14. The zero-order chi connectivity index (χ0) is 11.4. The number of amides is 1. The lowest BCUT2D eigenvalue weighted by molar-refractivity contribution is -0.124. The molecule has 88 valence electrons. The van der Waals surface area contributed by atoms with Crippen molar-refractivity contribution in [3.8, 4) is 0 Å². The minimum absolute atomic E-state index is 0.00805. The van der Waals surface area contributed by atoms with Gasteiger partial charge in [-0.3, -0.25) is 4.79 Å². The van der Waals surface area contributed by atoms with E-state index in [4.69, 9.17) is 16.3 Å². The summed E-state index contributed by atoms with van der Waals surface area (Å²) in [6, 6.07) is 0. The first kappa shape index (κ1) is 12.8. The zero-order valence-corrected chi connectivity index (χ0v) is 10.4. The van der Waals surface area contributed by atoms with E-state index in [1.54, 1.807) is 0 Å². The molecular weight excluding hydrogens is 214 g/mol.